The number of hydrogen-bond donors (Lipinski definition) is 0. The van der Waals surface area contributed by atoms with Crippen LogP contribution < -0.4 is 0 Å². The van der Waals surface area contributed by atoms with Crippen LogP contribution in [-0.2, 0) is 6.54 Å². The van der Waals surface area contributed by atoms with Gasteiger partial charge in [0.1, 0.15) is 6.26 Å². The van der Waals surface area contributed by atoms with E-state index in [0.717, 1.165) is 17.8 Å². The van der Waals surface area contributed by atoms with Gasteiger partial charge in [0.2, 0.25) is 0 Å². The van der Waals surface area contributed by atoms with Crippen molar-refractivity contribution >= 4 is 0 Å². The van der Waals surface area contributed by atoms with Gasteiger partial charge >= 0.3 is 0 Å². The van der Waals surface area contributed by atoms with Gasteiger partial charge in [0.15, 0.2) is 0 Å². The summed E-state index contributed by atoms with van der Waals surface area (Å²) in [5, 5.41) is 3.69. The number of aromatic nitrogens is 2. The fourth-order valence-corrected chi connectivity index (χ4v) is 1.49. The Kier molecular flexibility index (Phi) is 5.36. The minimum Gasteiger partial charge on any atom is -0.364 e. The minimum atomic E-state index is 0.856. The van der Waals surface area contributed by atoms with E-state index in [1.165, 1.54) is 5.56 Å². The minimum absolute atomic E-state index is 0.856. The van der Waals surface area contributed by atoms with E-state index in [0.29, 0.717) is 0 Å². The molecule has 2 aromatic heterocycles. The van der Waals surface area contributed by atoms with Gasteiger partial charge in [-0.25, -0.2) is 0 Å². The van der Waals surface area contributed by atoms with E-state index in [1.807, 2.05) is 34.0 Å². The van der Waals surface area contributed by atoms with Gasteiger partial charge in [-0.1, -0.05) is 25.1 Å². The lowest BCUT2D eigenvalue weighted by atomic mass is 10.1. The monoisotopic (exact) mass is 233 g/mol. The van der Waals surface area contributed by atoms with Crippen molar-refractivity contribution in [3.8, 4) is 11.3 Å². The number of pyridine rings is 1. The van der Waals surface area contributed by atoms with Gasteiger partial charge in [0.25, 0.3) is 0 Å². The normalized spacial score (nSPS) is 9.94. The maximum absolute atomic E-state index is 4.83. The lowest BCUT2D eigenvalue weighted by Crippen LogP contribution is -2.11. The summed E-state index contributed by atoms with van der Waals surface area (Å²) in [5.74, 6) is 0. The number of nitrogens with zero attached hydrogens (tertiary/aromatic N) is 3. The molecule has 4 heteroatoms. The van der Waals surface area contributed by atoms with Crippen LogP contribution in [0.15, 0.2) is 35.3 Å². The molecule has 0 bridgehead atoms. The van der Waals surface area contributed by atoms with Crippen LogP contribution in [0.5, 0.6) is 0 Å². The Morgan fingerprint density at radius 3 is 2.65 bits per heavy atom. The molecule has 0 aliphatic rings. The fourth-order valence-electron chi connectivity index (χ4n) is 1.49. The van der Waals surface area contributed by atoms with Crippen molar-refractivity contribution in [3.05, 3.63) is 36.4 Å². The summed E-state index contributed by atoms with van der Waals surface area (Å²) in [4.78, 5) is 6.45. The van der Waals surface area contributed by atoms with E-state index in [2.05, 4.69) is 21.1 Å². The highest BCUT2D eigenvalue weighted by Gasteiger charge is 2.08. The van der Waals surface area contributed by atoms with Crippen LogP contribution in [0.25, 0.3) is 11.3 Å². The smallest absolute Gasteiger partial charge is 0.133 e. The van der Waals surface area contributed by atoms with E-state index in [-0.39, 0.29) is 0 Å². The van der Waals surface area contributed by atoms with Gasteiger partial charge in [-0.3, -0.25) is 4.98 Å². The maximum Gasteiger partial charge on any atom is 0.133 e. The van der Waals surface area contributed by atoms with E-state index in [4.69, 9.17) is 4.52 Å². The Bertz CT molecular complexity index is 424. The molecule has 0 fully saturated rings. The molecule has 0 aliphatic carbocycles. The zero-order valence-electron chi connectivity index (χ0n) is 10.8. The van der Waals surface area contributed by atoms with Crippen molar-refractivity contribution in [2.75, 3.05) is 14.1 Å². The van der Waals surface area contributed by atoms with Gasteiger partial charge < -0.3 is 9.42 Å². The molecule has 0 N–H and O–H groups in total. The van der Waals surface area contributed by atoms with Crippen LogP contribution >= 0.6 is 0 Å². The molecule has 0 saturated carbocycles. The highest BCUT2D eigenvalue weighted by atomic mass is 16.5. The predicted octanol–water partition coefficient (Wildman–Crippen LogP) is 2.82. The second-order valence-electron chi connectivity index (χ2n) is 3.66. The summed E-state index contributed by atoms with van der Waals surface area (Å²) in [6, 6.07) is 4.01. The lowest BCUT2D eigenvalue weighted by molar-refractivity contribution is 0.402. The Labute approximate surface area is 102 Å². The third kappa shape index (κ3) is 3.67. The van der Waals surface area contributed by atoms with Crippen LogP contribution in [0.2, 0.25) is 0 Å². The van der Waals surface area contributed by atoms with Crippen molar-refractivity contribution < 1.29 is 4.52 Å². The van der Waals surface area contributed by atoms with Gasteiger partial charge in [0, 0.05) is 12.7 Å². The van der Waals surface area contributed by atoms with E-state index in [9.17, 15) is 0 Å². The Balaban J connectivity index is 0.000000686. The SMILES string of the molecule is CC.CN(C)Cc1cccnc1-c1cnoc1. The third-order valence-corrected chi connectivity index (χ3v) is 2.08. The Morgan fingerprint density at radius 2 is 2.06 bits per heavy atom. The molecule has 4 nitrogen and oxygen atoms in total. The molecular weight excluding hydrogens is 214 g/mol. The lowest BCUT2D eigenvalue weighted by Gasteiger charge is -2.11. The first kappa shape index (κ1) is 13.4. The molecule has 2 rings (SSSR count). The van der Waals surface area contributed by atoms with Crippen molar-refractivity contribution in [1.29, 1.82) is 0 Å². The fraction of sp³-hybridized carbons (Fsp3) is 0.385. The molecule has 0 spiro atoms. The summed E-state index contributed by atoms with van der Waals surface area (Å²) in [5.41, 5.74) is 3.03. The van der Waals surface area contributed by atoms with E-state index in [1.54, 1.807) is 18.7 Å². The average Bonchev–Trinajstić information content (AvgIpc) is 2.85. The molecule has 92 valence electrons. The Morgan fingerprint density at radius 1 is 1.29 bits per heavy atom. The second kappa shape index (κ2) is 6.81. The van der Waals surface area contributed by atoms with Crippen LogP contribution in [0.3, 0.4) is 0 Å². The van der Waals surface area contributed by atoms with Crippen molar-refractivity contribution in [2.45, 2.75) is 20.4 Å². The summed E-state index contributed by atoms with van der Waals surface area (Å²) in [6.45, 7) is 4.86. The van der Waals surface area contributed by atoms with E-state index < -0.39 is 0 Å². The maximum atomic E-state index is 4.83. The summed E-state index contributed by atoms with van der Waals surface area (Å²) in [6.07, 6.45) is 5.07. The predicted molar refractivity (Wildman–Crippen MR) is 68.5 cm³/mol. The molecule has 0 saturated heterocycles. The second-order valence-corrected chi connectivity index (χ2v) is 3.66. The zero-order valence-corrected chi connectivity index (χ0v) is 10.8. The molecule has 0 atom stereocenters. The average molecular weight is 233 g/mol. The first-order valence-corrected chi connectivity index (χ1v) is 5.76. The van der Waals surface area contributed by atoms with Gasteiger partial charge in [-0.2, -0.15) is 0 Å². The Hall–Kier alpha value is -1.68. The highest BCUT2D eigenvalue weighted by Crippen LogP contribution is 2.20. The van der Waals surface area contributed by atoms with Crippen molar-refractivity contribution in [1.82, 2.24) is 15.0 Å². The van der Waals surface area contributed by atoms with Crippen LogP contribution in [0, 0.1) is 0 Å². The molecule has 2 aromatic rings. The highest BCUT2D eigenvalue weighted by molar-refractivity contribution is 5.60. The quantitative estimate of drug-likeness (QED) is 0.817. The summed E-state index contributed by atoms with van der Waals surface area (Å²) >= 11 is 0. The molecule has 0 radical (unpaired) electrons. The number of hydrogen-bond acceptors (Lipinski definition) is 4. The summed E-state index contributed by atoms with van der Waals surface area (Å²) < 4.78 is 4.83. The summed E-state index contributed by atoms with van der Waals surface area (Å²) in [7, 11) is 4.06. The van der Waals surface area contributed by atoms with Crippen LogP contribution in [-0.4, -0.2) is 29.1 Å². The zero-order chi connectivity index (χ0) is 12.7. The van der Waals surface area contributed by atoms with Gasteiger partial charge in [-0.15, -0.1) is 0 Å². The van der Waals surface area contributed by atoms with Crippen LogP contribution in [0.4, 0.5) is 0 Å². The molecule has 0 unspecified atom stereocenters. The van der Waals surface area contributed by atoms with Gasteiger partial charge in [0.05, 0.1) is 17.5 Å². The van der Waals surface area contributed by atoms with E-state index >= 15 is 0 Å². The van der Waals surface area contributed by atoms with Gasteiger partial charge in [-0.05, 0) is 25.7 Å². The largest absolute Gasteiger partial charge is 0.364 e. The van der Waals surface area contributed by atoms with Crippen molar-refractivity contribution in [3.63, 3.8) is 0 Å². The topological polar surface area (TPSA) is 42.2 Å². The van der Waals surface area contributed by atoms with Crippen molar-refractivity contribution in [2.24, 2.45) is 0 Å². The standard InChI is InChI=1S/C11H13N3O.C2H6/c1-14(2)7-9-4-3-5-12-11(9)10-6-13-15-8-10;1-2/h3-6,8H,7H2,1-2H3;1-2H3. The third-order valence-electron chi connectivity index (χ3n) is 2.08. The molecule has 0 amide bonds. The first-order valence-electron chi connectivity index (χ1n) is 5.76. The molecule has 17 heavy (non-hydrogen) atoms. The molecule has 0 aromatic carbocycles. The first-order chi connectivity index (χ1) is 8.27. The molecule has 2 heterocycles. The molecule has 0 aliphatic heterocycles. The molecular formula is C13H19N3O. The number of rotatable bonds is 3. The van der Waals surface area contributed by atoms with Crippen LogP contribution in [0.1, 0.15) is 19.4 Å².